The lowest BCUT2D eigenvalue weighted by atomic mass is 10.1. The Morgan fingerprint density at radius 3 is 2.63 bits per heavy atom. The third-order valence-corrected chi connectivity index (χ3v) is 2.85. The van der Waals surface area contributed by atoms with E-state index in [9.17, 15) is 9.18 Å². The number of rotatable bonds is 6. The number of hydrogen-bond acceptors (Lipinski definition) is 2. The third kappa shape index (κ3) is 5.28. The molecule has 19 heavy (non-hydrogen) atoms. The maximum Gasteiger partial charge on any atom is 0.260 e. The normalized spacial score (nSPS) is 12.3. The molecule has 0 saturated heterocycles. The summed E-state index contributed by atoms with van der Waals surface area (Å²) in [5.41, 5.74) is 0.557. The standard InChI is InChI=1S/C15H22FNO2/c1-10(2)7-8-17-15(18)12(4)19-13-6-5-11(3)14(16)9-13/h5-6,9-10,12H,7-8H2,1-4H3,(H,17,18). The Morgan fingerprint density at radius 1 is 1.37 bits per heavy atom. The highest BCUT2D eigenvalue weighted by atomic mass is 19.1. The minimum atomic E-state index is -0.630. The fraction of sp³-hybridized carbons (Fsp3) is 0.533. The van der Waals surface area contributed by atoms with Gasteiger partial charge < -0.3 is 10.1 Å². The predicted octanol–water partition coefficient (Wildman–Crippen LogP) is 3.06. The Kier molecular flexibility index (Phi) is 5.80. The number of hydrogen-bond donors (Lipinski definition) is 1. The Hall–Kier alpha value is -1.58. The first-order valence-corrected chi connectivity index (χ1v) is 6.60. The Morgan fingerprint density at radius 2 is 2.05 bits per heavy atom. The third-order valence-electron chi connectivity index (χ3n) is 2.85. The van der Waals surface area contributed by atoms with Crippen molar-refractivity contribution in [3.8, 4) is 5.75 Å². The molecule has 1 unspecified atom stereocenters. The second-order valence-corrected chi connectivity index (χ2v) is 5.14. The quantitative estimate of drug-likeness (QED) is 0.860. The average molecular weight is 267 g/mol. The second kappa shape index (κ2) is 7.12. The molecule has 3 nitrogen and oxygen atoms in total. The van der Waals surface area contributed by atoms with Gasteiger partial charge in [0.25, 0.3) is 5.91 Å². The average Bonchev–Trinajstić information content (AvgIpc) is 2.33. The van der Waals surface area contributed by atoms with Crippen LogP contribution in [0.25, 0.3) is 0 Å². The number of halogens is 1. The first-order valence-electron chi connectivity index (χ1n) is 6.60. The molecule has 106 valence electrons. The van der Waals surface area contributed by atoms with Gasteiger partial charge in [0.1, 0.15) is 11.6 Å². The van der Waals surface area contributed by atoms with Crippen LogP contribution in [0.1, 0.15) is 32.8 Å². The van der Waals surface area contributed by atoms with E-state index in [-0.39, 0.29) is 11.7 Å². The van der Waals surface area contributed by atoms with Crippen LogP contribution in [0.15, 0.2) is 18.2 Å². The van der Waals surface area contributed by atoms with Crippen LogP contribution in [-0.2, 0) is 4.79 Å². The van der Waals surface area contributed by atoms with Crippen molar-refractivity contribution in [3.05, 3.63) is 29.6 Å². The van der Waals surface area contributed by atoms with Gasteiger partial charge in [0.05, 0.1) is 0 Å². The zero-order valence-corrected chi connectivity index (χ0v) is 12.0. The van der Waals surface area contributed by atoms with Crippen molar-refractivity contribution in [1.82, 2.24) is 5.32 Å². The smallest absolute Gasteiger partial charge is 0.260 e. The maximum absolute atomic E-state index is 13.3. The first-order chi connectivity index (χ1) is 8.90. The SMILES string of the molecule is Cc1ccc(OC(C)C(=O)NCCC(C)C)cc1F. The summed E-state index contributed by atoms with van der Waals surface area (Å²) in [4.78, 5) is 11.8. The van der Waals surface area contributed by atoms with E-state index in [0.29, 0.717) is 23.8 Å². The molecule has 0 aliphatic carbocycles. The van der Waals surface area contributed by atoms with Gasteiger partial charge in [0.15, 0.2) is 6.10 Å². The first kappa shape index (κ1) is 15.5. The predicted molar refractivity (Wildman–Crippen MR) is 73.7 cm³/mol. The van der Waals surface area contributed by atoms with E-state index in [2.05, 4.69) is 19.2 Å². The van der Waals surface area contributed by atoms with Gasteiger partial charge in [-0.2, -0.15) is 0 Å². The van der Waals surface area contributed by atoms with Crippen molar-refractivity contribution in [2.24, 2.45) is 5.92 Å². The molecule has 1 atom stereocenters. The summed E-state index contributed by atoms with van der Waals surface area (Å²) >= 11 is 0. The van der Waals surface area contributed by atoms with Gasteiger partial charge >= 0.3 is 0 Å². The van der Waals surface area contributed by atoms with E-state index in [0.717, 1.165) is 6.42 Å². The molecule has 1 aromatic carbocycles. The molecular formula is C15H22FNO2. The number of carbonyl (C=O) groups excluding carboxylic acids is 1. The van der Waals surface area contributed by atoms with E-state index in [1.807, 2.05) is 0 Å². The largest absolute Gasteiger partial charge is 0.481 e. The molecule has 4 heteroatoms. The molecule has 0 aromatic heterocycles. The van der Waals surface area contributed by atoms with Crippen molar-refractivity contribution < 1.29 is 13.9 Å². The van der Waals surface area contributed by atoms with Gasteiger partial charge in [-0.1, -0.05) is 19.9 Å². The van der Waals surface area contributed by atoms with Gasteiger partial charge in [-0.15, -0.1) is 0 Å². The van der Waals surface area contributed by atoms with Crippen molar-refractivity contribution in [2.45, 2.75) is 40.2 Å². The Labute approximate surface area is 114 Å². The summed E-state index contributed by atoms with van der Waals surface area (Å²) in [7, 11) is 0. The lowest BCUT2D eigenvalue weighted by Gasteiger charge is -2.15. The molecule has 0 heterocycles. The van der Waals surface area contributed by atoms with Crippen molar-refractivity contribution in [3.63, 3.8) is 0 Å². The molecule has 1 amide bonds. The van der Waals surface area contributed by atoms with Crippen molar-refractivity contribution in [2.75, 3.05) is 6.54 Å². The van der Waals surface area contributed by atoms with Gasteiger partial charge in [-0.3, -0.25) is 4.79 Å². The number of aryl methyl sites for hydroxylation is 1. The van der Waals surface area contributed by atoms with Crippen LogP contribution in [0.2, 0.25) is 0 Å². The van der Waals surface area contributed by atoms with Crippen molar-refractivity contribution in [1.29, 1.82) is 0 Å². The lowest BCUT2D eigenvalue weighted by molar-refractivity contribution is -0.127. The van der Waals surface area contributed by atoms with E-state index < -0.39 is 6.10 Å². The lowest BCUT2D eigenvalue weighted by Crippen LogP contribution is -2.37. The number of amides is 1. The summed E-state index contributed by atoms with van der Waals surface area (Å²) in [6, 6.07) is 4.59. The highest BCUT2D eigenvalue weighted by Gasteiger charge is 2.14. The molecule has 0 aliphatic heterocycles. The minimum Gasteiger partial charge on any atom is -0.481 e. The van der Waals surface area contributed by atoms with Gasteiger partial charge in [0.2, 0.25) is 0 Å². The Balaban J connectivity index is 2.47. The van der Waals surface area contributed by atoms with Crippen LogP contribution in [0.4, 0.5) is 4.39 Å². The van der Waals surface area contributed by atoms with E-state index in [4.69, 9.17) is 4.74 Å². The van der Waals surface area contributed by atoms with E-state index in [1.54, 1.807) is 26.0 Å². The van der Waals surface area contributed by atoms with E-state index >= 15 is 0 Å². The number of benzene rings is 1. The molecule has 0 aliphatic rings. The highest BCUT2D eigenvalue weighted by molar-refractivity contribution is 5.80. The van der Waals surface area contributed by atoms with Gasteiger partial charge in [-0.05, 0) is 37.8 Å². The highest BCUT2D eigenvalue weighted by Crippen LogP contribution is 2.17. The maximum atomic E-state index is 13.3. The summed E-state index contributed by atoms with van der Waals surface area (Å²) in [6.07, 6.45) is 0.298. The van der Waals surface area contributed by atoms with E-state index in [1.165, 1.54) is 6.07 Å². The summed E-state index contributed by atoms with van der Waals surface area (Å²) in [6.45, 7) is 8.17. The van der Waals surface area contributed by atoms with Crippen LogP contribution in [0, 0.1) is 18.7 Å². The second-order valence-electron chi connectivity index (χ2n) is 5.14. The van der Waals surface area contributed by atoms with Gasteiger partial charge in [0, 0.05) is 12.6 Å². The van der Waals surface area contributed by atoms with Crippen LogP contribution in [0.5, 0.6) is 5.75 Å². The molecular weight excluding hydrogens is 245 g/mol. The summed E-state index contributed by atoms with van der Waals surface area (Å²) in [5, 5.41) is 2.80. The molecule has 1 aromatic rings. The molecule has 0 fully saturated rings. The minimum absolute atomic E-state index is 0.179. The number of carbonyl (C=O) groups is 1. The molecule has 0 spiro atoms. The molecule has 0 radical (unpaired) electrons. The molecule has 1 N–H and O–H groups in total. The fourth-order valence-electron chi connectivity index (χ4n) is 1.53. The monoisotopic (exact) mass is 267 g/mol. The van der Waals surface area contributed by atoms with Crippen LogP contribution < -0.4 is 10.1 Å². The summed E-state index contributed by atoms with van der Waals surface area (Å²) < 4.78 is 18.8. The number of ether oxygens (including phenoxy) is 1. The zero-order valence-electron chi connectivity index (χ0n) is 12.0. The molecule has 0 bridgehead atoms. The molecule has 0 saturated carbocycles. The van der Waals surface area contributed by atoms with Crippen molar-refractivity contribution >= 4 is 5.91 Å². The summed E-state index contributed by atoms with van der Waals surface area (Å²) in [5.74, 6) is 0.406. The van der Waals surface area contributed by atoms with Crippen LogP contribution >= 0.6 is 0 Å². The topological polar surface area (TPSA) is 38.3 Å². The Bertz CT molecular complexity index is 432. The zero-order chi connectivity index (χ0) is 14.4. The fourth-order valence-corrected chi connectivity index (χ4v) is 1.53. The van der Waals surface area contributed by atoms with Crippen LogP contribution in [-0.4, -0.2) is 18.6 Å². The van der Waals surface area contributed by atoms with Gasteiger partial charge in [-0.25, -0.2) is 4.39 Å². The number of nitrogens with one attached hydrogen (secondary N) is 1. The van der Waals surface area contributed by atoms with Crippen LogP contribution in [0.3, 0.4) is 0 Å². The molecule has 1 rings (SSSR count).